The summed E-state index contributed by atoms with van der Waals surface area (Å²) in [5.74, 6) is 0.585. The number of rotatable bonds is 3. The molecule has 102 valence electrons. The van der Waals surface area contributed by atoms with Crippen LogP contribution in [0, 0.1) is 0 Å². The molecule has 0 aliphatic carbocycles. The first kappa shape index (κ1) is 13.6. The zero-order valence-corrected chi connectivity index (χ0v) is 11.0. The normalized spacial score (nSPS) is 11.1. The lowest BCUT2D eigenvalue weighted by atomic mass is 10.1. The maximum absolute atomic E-state index is 13.0. The molecular formula is C12H11ClF2N2O2. The molecule has 4 nitrogen and oxygen atoms in total. The van der Waals surface area contributed by atoms with Crippen molar-refractivity contribution in [3.8, 4) is 17.0 Å². The summed E-state index contributed by atoms with van der Waals surface area (Å²) < 4.78 is 32.4. The van der Waals surface area contributed by atoms with E-state index in [1.165, 1.54) is 14.2 Å². The Morgan fingerprint density at radius 3 is 2.32 bits per heavy atom. The van der Waals surface area contributed by atoms with Gasteiger partial charge in [0, 0.05) is 12.6 Å². The molecule has 19 heavy (non-hydrogen) atoms. The van der Waals surface area contributed by atoms with E-state index in [0.717, 1.165) is 4.68 Å². The summed E-state index contributed by atoms with van der Waals surface area (Å²) in [6.07, 6.45) is 0. The molecule has 0 unspecified atom stereocenters. The lowest BCUT2D eigenvalue weighted by molar-refractivity contribution is 0.0463. The number of halogens is 3. The zero-order chi connectivity index (χ0) is 14.2. The summed E-state index contributed by atoms with van der Waals surface area (Å²) >= 11 is 5.85. The Morgan fingerprint density at radius 1 is 1.26 bits per heavy atom. The van der Waals surface area contributed by atoms with Gasteiger partial charge in [-0.25, -0.2) is 9.36 Å². The summed E-state index contributed by atoms with van der Waals surface area (Å²) in [7, 11) is 2.74. The standard InChI is InChI=1S/C12H11ClF2N2O2/c1-16-11(18)9(13)10(17(16)12(14)15)7-3-5-8(19-2)6-4-7/h3-6,12H,1-2H3. The third kappa shape index (κ3) is 2.23. The molecule has 0 spiro atoms. The van der Waals surface area contributed by atoms with Gasteiger partial charge in [0.2, 0.25) is 0 Å². The molecule has 0 bridgehead atoms. The van der Waals surface area contributed by atoms with Crippen molar-refractivity contribution in [1.82, 2.24) is 9.36 Å². The van der Waals surface area contributed by atoms with E-state index in [1.54, 1.807) is 24.3 Å². The van der Waals surface area contributed by atoms with Crippen LogP contribution in [0.1, 0.15) is 6.55 Å². The molecule has 0 saturated heterocycles. The molecule has 0 N–H and O–H groups in total. The minimum absolute atomic E-state index is 0.00757. The number of ether oxygens (including phenoxy) is 1. The van der Waals surface area contributed by atoms with E-state index < -0.39 is 12.1 Å². The van der Waals surface area contributed by atoms with Crippen LogP contribution in [-0.4, -0.2) is 16.5 Å². The molecule has 2 rings (SSSR count). The van der Waals surface area contributed by atoms with Gasteiger partial charge in [0.25, 0.3) is 5.56 Å². The van der Waals surface area contributed by atoms with Gasteiger partial charge in [-0.2, -0.15) is 8.78 Å². The second-order valence-electron chi connectivity index (χ2n) is 3.84. The molecular weight excluding hydrogens is 278 g/mol. The van der Waals surface area contributed by atoms with Crippen molar-refractivity contribution in [3.05, 3.63) is 39.6 Å². The lowest BCUT2D eigenvalue weighted by Gasteiger charge is -2.11. The number of benzene rings is 1. The highest BCUT2D eigenvalue weighted by atomic mass is 35.5. The topological polar surface area (TPSA) is 36.2 Å². The molecule has 7 heteroatoms. The maximum atomic E-state index is 13.0. The highest BCUT2D eigenvalue weighted by molar-refractivity contribution is 6.32. The van der Waals surface area contributed by atoms with E-state index in [-0.39, 0.29) is 10.7 Å². The molecule has 1 aromatic heterocycles. The second-order valence-corrected chi connectivity index (χ2v) is 4.22. The number of methoxy groups -OCH3 is 1. The van der Waals surface area contributed by atoms with Crippen LogP contribution in [0.15, 0.2) is 29.1 Å². The second kappa shape index (κ2) is 5.05. The van der Waals surface area contributed by atoms with E-state index in [9.17, 15) is 13.6 Å². The quantitative estimate of drug-likeness (QED) is 0.871. The third-order valence-corrected chi connectivity index (χ3v) is 3.13. The number of hydrogen-bond acceptors (Lipinski definition) is 2. The molecule has 0 aliphatic rings. The first-order valence-corrected chi connectivity index (χ1v) is 5.74. The number of hydrogen-bond donors (Lipinski definition) is 0. The van der Waals surface area contributed by atoms with E-state index in [2.05, 4.69) is 0 Å². The Morgan fingerprint density at radius 2 is 1.84 bits per heavy atom. The van der Waals surface area contributed by atoms with Crippen LogP contribution in [0.25, 0.3) is 11.3 Å². The largest absolute Gasteiger partial charge is 0.497 e. The van der Waals surface area contributed by atoms with Crippen LogP contribution >= 0.6 is 11.6 Å². The van der Waals surface area contributed by atoms with Gasteiger partial charge in [0.15, 0.2) is 0 Å². The zero-order valence-electron chi connectivity index (χ0n) is 10.2. The Bertz CT molecular complexity index is 647. The number of nitrogens with zero attached hydrogens (tertiary/aromatic N) is 2. The predicted octanol–water partition coefficient (Wildman–Crippen LogP) is 2.91. The van der Waals surface area contributed by atoms with Crippen molar-refractivity contribution in [2.45, 2.75) is 6.55 Å². The van der Waals surface area contributed by atoms with E-state index in [4.69, 9.17) is 16.3 Å². The fraction of sp³-hybridized carbons (Fsp3) is 0.250. The molecule has 0 saturated carbocycles. The summed E-state index contributed by atoms with van der Waals surface area (Å²) in [6, 6.07) is 6.36. The van der Waals surface area contributed by atoms with Crippen LogP contribution in [0.2, 0.25) is 5.02 Å². The highest BCUT2D eigenvalue weighted by Crippen LogP contribution is 2.30. The summed E-state index contributed by atoms with van der Waals surface area (Å²) in [6.45, 7) is -2.86. The van der Waals surface area contributed by atoms with E-state index >= 15 is 0 Å². The Kier molecular flexibility index (Phi) is 3.61. The monoisotopic (exact) mass is 288 g/mol. The minimum atomic E-state index is -2.86. The van der Waals surface area contributed by atoms with Crippen molar-refractivity contribution in [1.29, 1.82) is 0 Å². The van der Waals surface area contributed by atoms with Crippen LogP contribution in [0.5, 0.6) is 5.75 Å². The molecule has 0 aliphatic heterocycles. The van der Waals surface area contributed by atoms with Crippen LogP contribution in [-0.2, 0) is 7.05 Å². The fourth-order valence-corrected chi connectivity index (χ4v) is 2.15. The van der Waals surface area contributed by atoms with Crippen molar-refractivity contribution in [2.75, 3.05) is 7.11 Å². The van der Waals surface area contributed by atoms with Crippen LogP contribution in [0.4, 0.5) is 8.78 Å². The van der Waals surface area contributed by atoms with Crippen molar-refractivity contribution < 1.29 is 13.5 Å². The Labute approximate surface area is 112 Å². The van der Waals surface area contributed by atoms with E-state index in [1.807, 2.05) is 0 Å². The third-order valence-electron chi connectivity index (χ3n) is 2.79. The maximum Gasteiger partial charge on any atom is 0.332 e. The average Bonchev–Trinajstić information content (AvgIpc) is 2.63. The van der Waals surface area contributed by atoms with Crippen LogP contribution < -0.4 is 10.3 Å². The van der Waals surface area contributed by atoms with Gasteiger partial charge in [-0.3, -0.25) is 4.79 Å². The van der Waals surface area contributed by atoms with Gasteiger partial charge >= 0.3 is 6.55 Å². The Balaban J connectivity index is 2.67. The minimum Gasteiger partial charge on any atom is -0.497 e. The van der Waals surface area contributed by atoms with Crippen molar-refractivity contribution >= 4 is 11.6 Å². The Hall–Kier alpha value is -1.82. The van der Waals surface area contributed by atoms with Gasteiger partial charge in [0.1, 0.15) is 10.8 Å². The molecule has 1 aromatic carbocycles. The average molecular weight is 289 g/mol. The summed E-state index contributed by atoms with van der Waals surface area (Å²) in [5.41, 5.74) is -0.247. The highest BCUT2D eigenvalue weighted by Gasteiger charge is 2.23. The molecule has 0 atom stereocenters. The van der Waals surface area contributed by atoms with E-state index in [0.29, 0.717) is 16.0 Å². The first-order chi connectivity index (χ1) is 8.97. The van der Waals surface area contributed by atoms with Gasteiger partial charge in [0.05, 0.1) is 12.8 Å². The number of alkyl halides is 2. The fourth-order valence-electron chi connectivity index (χ4n) is 1.83. The smallest absolute Gasteiger partial charge is 0.332 e. The van der Waals surface area contributed by atoms with Crippen molar-refractivity contribution in [2.24, 2.45) is 7.05 Å². The molecule has 2 aromatic rings. The van der Waals surface area contributed by atoms with Gasteiger partial charge < -0.3 is 4.74 Å². The summed E-state index contributed by atoms with van der Waals surface area (Å²) in [5, 5.41) is -0.229. The SMILES string of the molecule is COc1ccc(-c2c(Cl)c(=O)n(C)n2C(F)F)cc1. The van der Waals surface area contributed by atoms with Gasteiger partial charge in [-0.15, -0.1) is 0 Å². The predicted molar refractivity (Wildman–Crippen MR) is 67.9 cm³/mol. The molecule has 0 radical (unpaired) electrons. The first-order valence-electron chi connectivity index (χ1n) is 5.37. The van der Waals surface area contributed by atoms with Crippen molar-refractivity contribution in [3.63, 3.8) is 0 Å². The van der Waals surface area contributed by atoms with Gasteiger partial charge in [-0.1, -0.05) is 11.6 Å². The van der Waals surface area contributed by atoms with Gasteiger partial charge in [-0.05, 0) is 24.3 Å². The molecule has 0 amide bonds. The lowest BCUT2D eigenvalue weighted by Crippen LogP contribution is -2.20. The number of aromatic nitrogens is 2. The van der Waals surface area contributed by atoms with Crippen LogP contribution in [0.3, 0.4) is 0 Å². The summed E-state index contributed by atoms with van der Waals surface area (Å²) in [4.78, 5) is 11.7. The molecule has 1 heterocycles. The molecule has 0 fully saturated rings.